The second kappa shape index (κ2) is 6.29. The van der Waals surface area contributed by atoms with Gasteiger partial charge in [0.2, 0.25) is 5.95 Å². The molecule has 0 fully saturated rings. The zero-order valence-corrected chi connectivity index (χ0v) is 13.1. The van der Waals surface area contributed by atoms with Gasteiger partial charge in [-0.1, -0.05) is 6.07 Å². The molecule has 22 heavy (non-hydrogen) atoms. The first kappa shape index (κ1) is 14.7. The smallest absolute Gasteiger partial charge is 0.338 e. The lowest BCUT2D eigenvalue weighted by atomic mass is 10.0. The average molecular weight is 320 g/mol. The first-order chi connectivity index (χ1) is 10.8. The van der Waals surface area contributed by atoms with Crippen LogP contribution >= 0.6 is 11.3 Å². The summed E-state index contributed by atoms with van der Waals surface area (Å²) in [5, 5.41) is 9.32. The Morgan fingerprint density at radius 1 is 1.55 bits per heavy atom. The molecule has 0 spiro atoms. The molecule has 1 aliphatic heterocycles. The molecule has 3 rings (SSSR count). The molecule has 0 radical (unpaired) electrons. The summed E-state index contributed by atoms with van der Waals surface area (Å²) in [4.78, 5) is 17.7. The van der Waals surface area contributed by atoms with Gasteiger partial charge < -0.3 is 14.8 Å². The number of ether oxygens (including phenoxy) is 2. The Kier molecular flexibility index (Phi) is 4.21. The van der Waals surface area contributed by atoms with Gasteiger partial charge in [-0.25, -0.2) is 9.48 Å². The number of carbonyl (C=O) groups excluding carboxylic acids is 1. The fourth-order valence-electron chi connectivity index (χ4n) is 2.43. The van der Waals surface area contributed by atoms with Crippen molar-refractivity contribution in [3.63, 3.8) is 0 Å². The van der Waals surface area contributed by atoms with Crippen LogP contribution in [0.25, 0.3) is 0 Å². The SMILES string of the molecule is CCOC(=O)C1=C(COC)Nc2ncnn2C1c1cccs1. The largest absolute Gasteiger partial charge is 0.463 e. The van der Waals surface area contributed by atoms with Crippen molar-refractivity contribution in [2.24, 2.45) is 0 Å². The van der Waals surface area contributed by atoms with Crippen LogP contribution in [0.4, 0.5) is 5.95 Å². The summed E-state index contributed by atoms with van der Waals surface area (Å²) in [5.41, 5.74) is 1.16. The number of carbonyl (C=O) groups is 1. The fourth-order valence-corrected chi connectivity index (χ4v) is 3.25. The minimum absolute atomic E-state index is 0.267. The van der Waals surface area contributed by atoms with E-state index in [9.17, 15) is 4.79 Å². The van der Waals surface area contributed by atoms with Crippen LogP contribution in [0.3, 0.4) is 0 Å². The summed E-state index contributed by atoms with van der Waals surface area (Å²) in [6.45, 7) is 2.36. The summed E-state index contributed by atoms with van der Waals surface area (Å²) < 4.78 is 12.1. The molecular weight excluding hydrogens is 304 g/mol. The summed E-state index contributed by atoms with van der Waals surface area (Å²) in [7, 11) is 1.58. The highest BCUT2D eigenvalue weighted by Gasteiger charge is 2.36. The number of hydrogen-bond donors (Lipinski definition) is 1. The van der Waals surface area contributed by atoms with Gasteiger partial charge >= 0.3 is 5.97 Å². The lowest BCUT2D eigenvalue weighted by Crippen LogP contribution is -2.31. The monoisotopic (exact) mass is 320 g/mol. The molecule has 8 heteroatoms. The minimum atomic E-state index is -0.374. The minimum Gasteiger partial charge on any atom is -0.463 e. The number of nitrogens with one attached hydrogen (secondary N) is 1. The van der Waals surface area contributed by atoms with Crippen LogP contribution in [0.2, 0.25) is 0 Å². The zero-order valence-electron chi connectivity index (χ0n) is 12.3. The number of esters is 1. The van der Waals surface area contributed by atoms with Crippen molar-refractivity contribution in [1.29, 1.82) is 0 Å². The first-order valence-electron chi connectivity index (χ1n) is 6.85. The van der Waals surface area contributed by atoms with E-state index in [2.05, 4.69) is 15.4 Å². The highest BCUT2D eigenvalue weighted by atomic mass is 32.1. The predicted molar refractivity (Wildman–Crippen MR) is 81.6 cm³/mol. The number of nitrogens with zero attached hydrogens (tertiary/aromatic N) is 3. The van der Waals surface area contributed by atoms with Gasteiger partial charge in [-0.3, -0.25) is 0 Å². The molecule has 0 saturated heterocycles. The van der Waals surface area contributed by atoms with E-state index in [4.69, 9.17) is 9.47 Å². The van der Waals surface area contributed by atoms with Crippen molar-refractivity contribution in [2.45, 2.75) is 13.0 Å². The lowest BCUT2D eigenvalue weighted by Gasteiger charge is -2.28. The number of rotatable bonds is 5. The average Bonchev–Trinajstić information content (AvgIpc) is 3.17. The van der Waals surface area contributed by atoms with Crippen molar-refractivity contribution < 1.29 is 14.3 Å². The molecule has 0 bridgehead atoms. The fraction of sp³-hybridized carbons (Fsp3) is 0.357. The van der Waals surface area contributed by atoms with Crippen LogP contribution in [0.15, 0.2) is 35.1 Å². The van der Waals surface area contributed by atoms with Gasteiger partial charge in [-0.15, -0.1) is 11.3 Å². The normalized spacial score (nSPS) is 17.1. The molecule has 2 aromatic rings. The number of thiophene rings is 1. The zero-order chi connectivity index (χ0) is 15.5. The molecule has 0 amide bonds. The second-order valence-electron chi connectivity index (χ2n) is 4.62. The molecule has 2 aromatic heterocycles. The van der Waals surface area contributed by atoms with E-state index >= 15 is 0 Å². The summed E-state index contributed by atoms with van der Waals surface area (Å²) >= 11 is 1.56. The molecule has 1 atom stereocenters. The van der Waals surface area contributed by atoms with Gasteiger partial charge in [0, 0.05) is 12.0 Å². The van der Waals surface area contributed by atoms with Crippen LogP contribution in [0.5, 0.6) is 0 Å². The number of aromatic nitrogens is 3. The maximum Gasteiger partial charge on any atom is 0.338 e. The first-order valence-corrected chi connectivity index (χ1v) is 7.73. The van der Waals surface area contributed by atoms with Crippen molar-refractivity contribution >= 4 is 23.3 Å². The molecule has 7 nitrogen and oxygen atoms in total. The highest BCUT2D eigenvalue weighted by molar-refractivity contribution is 7.10. The third-order valence-corrected chi connectivity index (χ3v) is 4.20. The van der Waals surface area contributed by atoms with Crippen LogP contribution < -0.4 is 5.32 Å². The van der Waals surface area contributed by atoms with Crippen molar-refractivity contribution in [3.05, 3.63) is 40.0 Å². The van der Waals surface area contributed by atoms with Gasteiger partial charge in [0.25, 0.3) is 0 Å². The molecule has 0 aliphatic carbocycles. The molecule has 116 valence electrons. The van der Waals surface area contributed by atoms with E-state index in [1.807, 2.05) is 17.5 Å². The number of anilines is 1. The molecule has 1 unspecified atom stereocenters. The maximum absolute atomic E-state index is 12.5. The van der Waals surface area contributed by atoms with Crippen LogP contribution in [0.1, 0.15) is 17.8 Å². The van der Waals surface area contributed by atoms with Gasteiger partial charge in [0.05, 0.1) is 24.5 Å². The molecule has 1 N–H and O–H groups in total. The third-order valence-electron chi connectivity index (χ3n) is 3.28. The van der Waals surface area contributed by atoms with Gasteiger partial charge in [0.1, 0.15) is 12.4 Å². The Bertz CT molecular complexity index is 693. The third kappa shape index (κ3) is 2.51. The highest BCUT2D eigenvalue weighted by Crippen LogP contribution is 2.37. The van der Waals surface area contributed by atoms with E-state index in [0.717, 1.165) is 4.88 Å². The van der Waals surface area contributed by atoms with Gasteiger partial charge in [-0.05, 0) is 18.4 Å². The number of hydrogen-bond acceptors (Lipinski definition) is 7. The van der Waals surface area contributed by atoms with Crippen molar-refractivity contribution in [3.8, 4) is 0 Å². The van der Waals surface area contributed by atoms with Crippen LogP contribution in [-0.2, 0) is 14.3 Å². The quantitative estimate of drug-likeness (QED) is 0.847. The maximum atomic E-state index is 12.5. The Morgan fingerprint density at radius 3 is 3.09 bits per heavy atom. The van der Waals surface area contributed by atoms with Crippen molar-refractivity contribution in [2.75, 3.05) is 25.6 Å². The topological polar surface area (TPSA) is 78.3 Å². The van der Waals surface area contributed by atoms with E-state index in [-0.39, 0.29) is 18.6 Å². The molecular formula is C14H16N4O3S. The van der Waals surface area contributed by atoms with Crippen LogP contribution in [0, 0.1) is 0 Å². The summed E-state index contributed by atoms with van der Waals surface area (Å²) in [6, 6.07) is 3.55. The Labute approximate surface area is 131 Å². The molecule has 0 saturated carbocycles. The lowest BCUT2D eigenvalue weighted by molar-refractivity contribution is -0.139. The Balaban J connectivity index is 2.13. The van der Waals surface area contributed by atoms with Crippen LogP contribution in [-0.4, -0.2) is 41.1 Å². The molecule has 1 aliphatic rings. The summed E-state index contributed by atoms with van der Waals surface area (Å²) in [5.74, 6) is 0.208. The standard InChI is InChI=1S/C14H16N4O3S/c1-3-21-13(19)11-9(7-20-2)17-14-15-8-16-18(14)12(11)10-5-4-6-22-10/h4-6,8,12H,3,7H2,1-2H3,(H,15,16,17). The van der Waals surface area contributed by atoms with Crippen molar-refractivity contribution in [1.82, 2.24) is 14.8 Å². The van der Waals surface area contributed by atoms with Gasteiger partial charge in [-0.2, -0.15) is 10.1 Å². The second-order valence-corrected chi connectivity index (χ2v) is 5.60. The number of methoxy groups -OCH3 is 1. The van der Waals surface area contributed by atoms with E-state index in [1.165, 1.54) is 6.33 Å². The molecule has 3 heterocycles. The van der Waals surface area contributed by atoms with E-state index in [0.29, 0.717) is 23.8 Å². The van der Waals surface area contributed by atoms with Gasteiger partial charge in [0.15, 0.2) is 0 Å². The predicted octanol–water partition coefficient (Wildman–Crippen LogP) is 1.82. The number of fused-ring (bicyclic) bond motifs is 1. The van der Waals surface area contributed by atoms with E-state index < -0.39 is 0 Å². The summed E-state index contributed by atoms with van der Waals surface area (Å²) in [6.07, 6.45) is 1.46. The Morgan fingerprint density at radius 2 is 2.41 bits per heavy atom. The Hall–Kier alpha value is -2.19. The molecule has 0 aromatic carbocycles. The van der Waals surface area contributed by atoms with E-state index in [1.54, 1.807) is 30.1 Å².